The van der Waals surface area contributed by atoms with Crippen molar-refractivity contribution in [3.63, 3.8) is 0 Å². The van der Waals surface area contributed by atoms with E-state index in [1.807, 2.05) is 6.92 Å². The molecule has 1 aromatic rings. The normalized spacial score (nSPS) is 12.0. The number of nitrogens with two attached hydrogens (primary N) is 1. The summed E-state index contributed by atoms with van der Waals surface area (Å²) in [6.45, 7) is 6.85. The van der Waals surface area contributed by atoms with E-state index in [1.54, 1.807) is 0 Å². The summed E-state index contributed by atoms with van der Waals surface area (Å²) in [5.74, 6) is 0.755. The number of anilines is 2. The molecule has 5 nitrogen and oxygen atoms in total. The Hall–Kier alpha value is -0.820. The van der Waals surface area contributed by atoms with E-state index in [2.05, 4.69) is 23.5 Å². The van der Waals surface area contributed by atoms with Crippen molar-refractivity contribution >= 4 is 32.2 Å². The molecule has 0 aliphatic heterocycles. The van der Waals surface area contributed by atoms with Crippen LogP contribution in [0.1, 0.15) is 40.0 Å². The fourth-order valence-corrected chi connectivity index (χ4v) is 4.52. The summed E-state index contributed by atoms with van der Waals surface area (Å²) in [7, 11) is -3.33. The first kappa shape index (κ1) is 16.2. The lowest BCUT2D eigenvalue weighted by Gasteiger charge is -2.14. The van der Waals surface area contributed by atoms with E-state index < -0.39 is 9.84 Å². The first-order valence-corrected chi connectivity index (χ1v) is 9.10. The summed E-state index contributed by atoms with van der Waals surface area (Å²) in [6.07, 6.45) is 2.70. The topological polar surface area (TPSA) is 85.1 Å². The molecule has 0 aromatic carbocycles. The molecule has 0 spiro atoms. The van der Waals surface area contributed by atoms with Gasteiger partial charge in [-0.25, -0.2) is 8.42 Å². The molecular formula is C12H23N3O2S2. The third-order valence-corrected chi connectivity index (χ3v) is 6.09. The second-order valence-corrected chi connectivity index (χ2v) is 7.43. The third-order valence-electron chi connectivity index (χ3n) is 3.16. The molecule has 7 heteroatoms. The van der Waals surface area contributed by atoms with Crippen LogP contribution >= 0.6 is 11.5 Å². The van der Waals surface area contributed by atoms with Crippen LogP contribution in [-0.4, -0.2) is 25.1 Å². The van der Waals surface area contributed by atoms with Crippen LogP contribution in [0.4, 0.5) is 10.8 Å². The van der Waals surface area contributed by atoms with Crippen molar-refractivity contribution in [2.24, 2.45) is 5.92 Å². The van der Waals surface area contributed by atoms with Crippen LogP contribution < -0.4 is 11.1 Å². The highest BCUT2D eigenvalue weighted by Crippen LogP contribution is 2.32. The number of hydrogen-bond donors (Lipinski definition) is 2. The van der Waals surface area contributed by atoms with E-state index in [-0.39, 0.29) is 16.5 Å². The van der Waals surface area contributed by atoms with Crippen LogP contribution in [0.2, 0.25) is 0 Å². The zero-order valence-electron chi connectivity index (χ0n) is 11.8. The molecule has 0 saturated carbocycles. The highest BCUT2D eigenvalue weighted by Gasteiger charge is 2.24. The summed E-state index contributed by atoms with van der Waals surface area (Å²) < 4.78 is 28.3. The first-order valence-electron chi connectivity index (χ1n) is 6.67. The average Bonchev–Trinajstić information content (AvgIpc) is 2.72. The molecule has 3 N–H and O–H groups in total. The summed E-state index contributed by atoms with van der Waals surface area (Å²) in [6, 6.07) is 0. The SMILES string of the molecule is CCCS(=O)(=O)c1c(N)nsc1NCC(CC)CC. The van der Waals surface area contributed by atoms with Crippen molar-refractivity contribution in [3.05, 3.63) is 0 Å². The molecule has 0 unspecified atom stereocenters. The van der Waals surface area contributed by atoms with Crippen molar-refractivity contribution < 1.29 is 8.42 Å². The third kappa shape index (κ3) is 4.07. The maximum absolute atomic E-state index is 12.2. The molecule has 1 rings (SSSR count). The molecule has 0 radical (unpaired) electrons. The zero-order valence-corrected chi connectivity index (χ0v) is 13.4. The fourth-order valence-electron chi connectivity index (χ4n) is 1.89. The number of sulfone groups is 1. The van der Waals surface area contributed by atoms with Crippen molar-refractivity contribution in [2.45, 2.75) is 44.9 Å². The van der Waals surface area contributed by atoms with Gasteiger partial charge in [0.25, 0.3) is 0 Å². The van der Waals surface area contributed by atoms with Gasteiger partial charge in [-0.1, -0.05) is 33.6 Å². The standard InChI is InChI=1S/C12H23N3O2S2/c1-4-7-19(16,17)10-11(13)15-18-12(10)14-8-9(5-2)6-3/h9,14H,4-8H2,1-3H3,(H2,13,15). The van der Waals surface area contributed by atoms with Crippen LogP contribution in [0.3, 0.4) is 0 Å². The Balaban J connectivity index is 2.92. The summed E-state index contributed by atoms with van der Waals surface area (Å²) in [5, 5.41) is 3.78. The van der Waals surface area contributed by atoms with Crippen LogP contribution in [0.15, 0.2) is 4.90 Å². The number of nitrogens with zero attached hydrogens (tertiary/aromatic N) is 1. The van der Waals surface area contributed by atoms with Crippen molar-refractivity contribution in [2.75, 3.05) is 23.3 Å². The quantitative estimate of drug-likeness (QED) is 0.771. The van der Waals surface area contributed by atoms with Crippen molar-refractivity contribution in [1.82, 2.24) is 4.37 Å². The predicted molar refractivity (Wildman–Crippen MR) is 81.4 cm³/mol. The number of aromatic nitrogens is 1. The van der Waals surface area contributed by atoms with Gasteiger partial charge in [0.1, 0.15) is 9.90 Å². The van der Waals surface area contributed by atoms with E-state index in [9.17, 15) is 8.42 Å². The Morgan fingerprint density at radius 3 is 2.47 bits per heavy atom. The molecule has 0 fully saturated rings. The lowest BCUT2D eigenvalue weighted by atomic mass is 10.0. The average molecular weight is 305 g/mol. The highest BCUT2D eigenvalue weighted by molar-refractivity contribution is 7.91. The molecule has 1 aromatic heterocycles. The van der Waals surface area contributed by atoms with Gasteiger partial charge in [0.05, 0.1) is 5.75 Å². The molecule has 0 bridgehead atoms. The molecular weight excluding hydrogens is 282 g/mol. The molecule has 1 heterocycles. The largest absolute Gasteiger partial charge is 0.382 e. The lowest BCUT2D eigenvalue weighted by Crippen LogP contribution is -2.15. The highest BCUT2D eigenvalue weighted by atomic mass is 32.2. The zero-order chi connectivity index (χ0) is 14.5. The molecule has 0 aliphatic carbocycles. The van der Waals surface area contributed by atoms with Gasteiger partial charge in [0, 0.05) is 6.54 Å². The van der Waals surface area contributed by atoms with Gasteiger partial charge in [-0.2, -0.15) is 4.37 Å². The van der Waals surface area contributed by atoms with Crippen LogP contribution in [0.25, 0.3) is 0 Å². The van der Waals surface area contributed by atoms with E-state index in [0.717, 1.165) is 30.9 Å². The Kier molecular flexibility index (Phi) is 6.06. The van der Waals surface area contributed by atoms with Crippen LogP contribution in [-0.2, 0) is 9.84 Å². The summed E-state index contributed by atoms with van der Waals surface area (Å²) >= 11 is 1.13. The van der Waals surface area contributed by atoms with Gasteiger partial charge in [-0.3, -0.25) is 0 Å². The van der Waals surface area contributed by atoms with Crippen LogP contribution in [0.5, 0.6) is 0 Å². The predicted octanol–water partition coefficient (Wildman–Crippen LogP) is 2.76. The van der Waals surface area contributed by atoms with E-state index in [1.165, 1.54) is 0 Å². The molecule has 0 aliphatic rings. The Morgan fingerprint density at radius 2 is 1.95 bits per heavy atom. The van der Waals surface area contributed by atoms with Gasteiger partial charge in [0.2, 0.25) is 0 Å². The minimum Gasteiger partial charge on any atom is -0.382 e. The molecule has 0 saturated heterocycles. The van der Waals surface area contributed by atoms with E-state index in [0.29, 0.717) is 17.3 Å². The van der Waals surface area contributed by atoms with Crippen molar-refractivity contribution in [1.29, 1.82) is 0 Å². The summed E-state index contributed by atoms with van der Waals surface area (Å²) in [5.41, 5.74) is 5.71. The minimum absolute atomic E-state index is 0.106. The number of rotatable bonds is 8. The molecule has 19 heavy (non-hydrogen) atoms. The van der Waals surface area contributed by atoms with E-state index in [4.69, 9.17) is 5.73 Å². The lowest BCUT2D eigenvalue weighted by molar-refractivity contribution is 0.519. The summed E-state index contributed by atoms with van der Waals surface area (Å²) in [4.78, 5) is 0.185. The smallest absolute Gasteiger partial charge is 0.185 e. The maximum Gasteiger partial charge on any atom is 0.185 e. The monoisotopic (exact) mass is 305 g/mol. The van der Waals surface area contributed by atoms with Gasteiger partial charge >= 0.3 is 0 Å². The number of nitrogen functional groups attached to an aromatic ring is 1. The Morgan fingerprint density at radius 1 is 1.32 bits per heavy atom. The van der Waals surface area contributed by atoms with Gasteiger partial charge < -0.3 is 11.1 Å². The van der Waals surface area contributed by atoms with Gasteiger partial charge in [-0.15, -0.1) is 0 Å². The number of hydrogen-bond acceptors (Lipinski definition) is 6. The Labute approximate surface area is 119 Å². The maximum atomic E-state index is 12.2. The van der Waals surface area contributed by atoms with Gasteiger partial charge in [-0.05, 0) is 23.9 Å². The second kappa shape index (κ2) is 7.09. The fraction of sp³-hybridized carbons (Fsp3) is 0.750. The molecule has 0 atom stereocenters. The Bertz CT molecular complexity index is 493. The van der Waals surface area contributed by atoms with Crippen LogP contribution in [0, 0.1) is 5.92 Å². The molecule has 0 amide bonds. The molecule has 110 valence electrons. The number of nitrogens with one attached hydrogen (secondary N) is 1. The van der Waals surface area contributed by atoms with E-state index >= 15 is 0 Å². The first-order chi connectivity index (χ1) is 8.96. The minimum atomic E-state index is -3.33. The van der Waals surface area contributed by atoms with Crippen molar-refractivity contribution in [3.8, 4) is 0 Å². The second-order valence-electron chi connectivity index (χ2n) is 4.61. The van der Waals surface area contributed by atoms with Gasteiger partial charge in [0.15, 0.2) is 15.7 Å².